The minimum atomic E-state index is -1.56. The third-order valence-electron chi connectivity index (χ3n) is 5.10. The molecule has 1 saturated heterocycles. The van der Waals surface area contributed by atoms with E-state index in [1.54, 1.807) is 6.07 Å². The maximum Gasteiger partial charge on any atom is 0.511 e. The van der Waals surface area contributed by atoms with Crippen LogP contribution in [0.15, 0.2) is 23.1 Å². The fourth-order valence-electron chi connectivity index (χ4n) is 3.92. The Balaban J connectivity index is 1.87. The lowest BCUT2D eigenvalue weighted by Gasteiger charge is -2.38. The average molecular weight is 375 g/mol. The first-order valence-corrected chi connectivity index (χ1v) is 9.13. The van der Waals surface area contributed by atoms with Crippen LogP contribution in [0.3, 0.4) is 0 Å². The number of ether oxygens (including phenoxy) is 1. The van der Waals surface area contributed by atoms with Gasteiger partial charge in [0.2, 0.25) is 5.43 Å². The van der Waals surface area contributed by atoms with E-state index in [1.807, 2.05) is 9.47 Å². The van der Waals surface area contributed by atoms with Gasteiger partial charge in [-0.25, -0.2) is 9.18 Å². The quantitative estimate of drug-likeness (QED) is 0.803. The highest BCUT2D eigenvalue weighted by Gasteiger charge is 2.29. The SMILES string of the molecule is CC1CN(c2cc3c(cc2F)c(=O)c(OC(=O)O)cn3C2CC2)CC(C)N1. The number of carboxylic acid groups (broad SMARTS) is 1. The van der Waals surface area contributed by atoms with Crippen molar-refractivity contribution < 1.29 is 19.0 Å². The molecule has 0 bridgehead atoms. The summed E-state index contributed by atoms with van der Waals surface area (Å²) < 4.78 is 21.4. The number of aromatic nitrogens is 1. The van der Waals surface area contributed by atoms with Crippen molar-refractivity contribution in [3.05, 3.63) is 34.4 Å². The molecular weight excluding hydrogens is 353 g/mol. The van der Waals surface area contributed by atoms with Gasteiger partial charge in [-0.15, -0.1) is 0 Å². The Kier molecular flexibility index (Phi) is 4.30. The molecule has 0 amide bonds. The van der Waals surface area contributed by atoms with Gasteiger partial charge in [0.15, 0.2) is 5.75 Å². The number of nitrogens with zero attached hydrogens (tertiary/aromatic N) is 2. The topological polar surface area (TPSA) is 83.8 Å². The van der Waals surface area contributed by atoms with Crippen LogP contribution in [0.4, 0.5) is 14.9 Å². The van der Waals surface area contributed by atoms with Crippen molar-refractivity contribution in [1.29, 1.82) is 0 Å². The molecule has 0 radical (unpaired) electrons. The Morgan fingerprint density at radius 3 is 2.52 bits per heavy atom. The first-order valence-electron chi connectivity index (χ1n) is 9.13. The second-order valence-electron chi connectivity index (χ2n) is 7.52. The van der Waals surface area contributed by atoms with Gasteiger partial charge in [-0.05, 0) is 38.8 Å². The lowest BCUT2D eigenvalue weighted by Crippen LogP contribution is -2.54. The Labute approximate surface area is 155 Å². The number of hydrogen-bond donors (Lipinski definition) is 2. The van der Waals surface area contributed by atoms with Crippen molar-refractivity contribution in [3.8, 4) is 5.75 Å². The molecule has 7 nitrogen and oxygen atoms in total. The zero-order chi connectivity index (χ0) is 19.3. The van der Waals surface area contributed by atoms with Crippen LogP contribution >= 0.6 is 0 Å². The lowest BCUT2D eigenvalue weighted by molar-refractivity contribution is 0.143. The Hall–Kier alpha value is -2.61. The van der Waals surface area contributed by atoms with Crippen LogP contribution in [0.25, 0.3) is 10.9 Å². The molecule has 27 heavy (non-hydrogen) atoms. The van der Waals surface area contributed by atoms with Crippen molar-refractivity contribution in [3.63, 3.8) is 0 Å². The van der Waals surface area contributed by atoms with E-state index in [9.17, 15) is 14.0 Å². The van der Waals surface area contributed by atoms with E-state index >= 15 is 0 Å². The van der Waals surface area contributed by atoms with Crippen LogP contribution in [0, 0.1) is 5.82 Å². The van der Waals surface area contributed by atoms with E-state index in [2.05, 4.69) is 23.9 Å². The Bertz CT molecular complexity index is 960. The van der Waals surface area contributed by atoms with Crippen LogP contribution in [0.1, 0.15) is 32.7 Å². The number of benzene rings is 1. The molecular formula is C19H22FN3O4. The van der Waals surface area contributed by atoms with Gasteiger partial charge in [-0.3, -0.25) is 4.79 Å². The van der Waals surface area contributed by atoms with Gasteiger partial charge < -0.3 is 24.6 Å². The molecule has 1 saturated carbocycles. The van der Waals surface area contributed by atoms with Gasteiger partial charge in [-0.2, -0.15) is 0 Å². The zero-order valence-electron chi connectivity index (χ0n) is 15.2. The fraction of sp³-hybridized carbons (Fsp3) is 0.474. The number of hydrogen-bond acceptors (Lipinski definition) is 5. The number of nitrogens with one attached hydrogen (secondary N) is 1. The molecule has 2 unspecified atom stereocenters. The lowest BCUT2D eigenvalue weighted by atomic mass is 10.1. The largest absolute Gasteiger partial charge is 0.511 e. The summed E-state index contributed by atoms with van der Waals surface area (Å²) in [6.45, 7) is 5.44. The van der Waals surface area contributed by atoms with Crippen molar-refractivity contribution in [1.82, 2.24) is 9.88 Å². The van der Waals surface area contributed by atoms with E-state index in [-0.39, 0.29) is 29.3 Å². The van der Waals surface area contributed by atoms with E-state index in [4.69, 9.17) is 5.11 Å². The summed E-state index contributed by atoms with van der Waals surface area (Å²) in [5, 5.41) is 12.4. The van der Waals surface area contributed by atoms with Crippen LogP contribution < -0.4 is 20.4 Å². The maximum atomic E-state index is 14.9. The normalized spacial score (nSPS) is 22.9. The van der Waals surface area contributed by atoms with Crippen molar-refractivity contribution in [2.45, 2.75) is 44.8 Å². The summed E-state index contributed by atoms with van der Waals surface area (Å²) in [5.41, 5.74) is 0.454. The van der Waals surface area contributed by atoms with Crippen molar-refractivity contribution >= 4 is 22.7 Å². The van der Waals surface area contributed by atoms with Crippen LogP contribution in [-0.4, -0.2) is 41.0 Å². The minimum Gasteiger partial charge on any atom is -0.449 e. The highest BCUT2D eigenvalue weighted by molar-refractivity contribution is 5.85. The second kappa shape index (κ2) is 6.53. The number of carbonyl (C=O) groups is 1. The van der Waals surface area contributed by atoms with E-state index in [1.165, 1.54) is 12.3 Å². The van der Waals surface area contributed by atoms with Crippen LogP contribution in [-0.2, 0) is 0 Å². The third kappa shape index (κ3) is 3.37. The molecule has 144 valence electrons. The summed E-state index contributed by atoms with van der Waals surface area (Å²) in [4.78, 5) is 25.5. The average Bonchev–Trinajstić information content (AvgIpc) is 3.41. The van der Waals surface area contributed by atoms with Crippen molar-refractivity contribution in [2.24, 2.45) is 0 Å². The molecule has 2 heterocycles. The molecule has 2 atom stereocenters. The summed E-state index contributed by atoms with van der Waals surface area (Å²) in [5.74, 6) is -0.783. The van der Waals surface area contributed by atoms with E-state index in [0.29, 0.717) is 24.3 Å². The monoisotopic (exact) mass is 375 g/mol. The minimum absolute atomic E-state index is 0.137. The number of anilines is 1. The number of fused-ring (bicyclic) bond motifs is 1. The Morgan fingerprint density at radius 2 is 1.93 bits per heavy atom. The second-order valence-corrected chi connectivity index (χ2v) is 7.52. The van der Waals surface area contributed by atoms with Gasteiger partial charge in [-0.1, -0.05) is 0 Å². The van der Waals surface area contributed by atoms with Gasteiger partial charge in [0, 0.05) is 31.2 Å². The zero-order valence-corrected chi connectivity index (χ0v) is 15.2. The van der Waals surface area contributed by atoms with Gasteiger partial charge in [0.05, 0.1) is 22.8 Å². The summed E-state index contributed by atoms with van der Waals surface area (Å²) in [6.07, 6.45) is 1.73. The Morgan fingerprint density at radius 1 is 1.26 bits per heavy atom. The molecule has 2 aliphatic rings. The smallest absolute Gasteiger partial charge is 0.449 e. The molecule has 2 N–H and O–H groups in total. The number of rotatable bonds is 3. The van der Waals surface area contributed by atoms with Gasteiger partial charge >= 0.3 is 6.16 Å². The summed E-state index contributed by atoms with van der Waals surface area (Å²) in [7, 11) is 0. The predicted molar refractivity (Wildman–Crippen MR) is 99.4 cm³/mol. The molecule has 1 aliphatic heterocycles. The predicted octanol–water partition coefficient (Wildman–Crippen LogP) is 2.72. The molecule has 1 aromatic heterocycles. The van der Waals surface area contributed by atoms with Crippen molar-refractivity contribution in [2.75, 3.05) is 18.0 Å². The molecule has 1 aliphatic carbocycles. The molecule has 1 aromatic carbocycles. The summed E-state index contributed by atoms with van der Waals surface area (Å²) >= 11 is 0. The summed E-state index contributed by atoms with van der Waals surface area (Å²) in [6, 6.07) is 3.53. The number of halogens is 1. The standard InChI is InChI=1S/C19H22FN3O4/c1-10-7-22(8-11(2)21-10)16-6-15-13(5-14(16)20)18(24)17(27-19(25)26)9-23(15)12-3-4-12/h5-6,9-12,21H,3-4,7-8H2,1-2H3,(H,25,26). The van der Waals surface area contributed by atoms with E-state index < -0.39 is 17.4 Å². The molecule has 2 fully saturated rings. The molecule has 0 spiro atoms. The fourth-order valence-corrected chi connectivity index (χ4v) is 3.92. The number of piperazine rings is 1. The third-order valence-corrected chi connectivity index (χ3v) is 5.10. The maximum absolute atomic E-state index is 14.9. The highest BCUT2D eigenvalue weighted by atomic mass is 19.1. The van der Waals surface area contributed by atoms with Crippen LogP contribution in [0.2, 0.25) is 0 Å². The number of pyridine rings is 1. The first-order chi connectivity index (χ1) is 12.8. The molecule has 4 rings (SSSR count). The molecule has 2 aromatic rings. The highest BCUT2D eigenvalue weighted by Crippen LogP contribution is 2.39. The van der Waals surface area contributed by atoms with Gasteiger partial charge in [0.25, 0.3) is 0 Å². The van der Waals surface area contributed by atoms with Gasteiger partial charge in [0.1, 0.15) is 5.82 Å². The first kappa shape index (κ1) is 17.8. The van der Waals surface area contributed by atoms with Crippen LogP contribution in [0.5, 0.6) is 5.75 Å². The van der Waals surface area contributed by atoms with E-state index in [0.717, 1.165) is 12.8 Å². The molecule has 8 heteroatoms.